The van der Waals surface area contributed by atoms with Crippen molar-refractivity contribution in [3.63, 3.8) is 0 Å². The van der Waals surface area contributed by atoms with E-state index in [4.69, 9.17) is 14.3 Å². The van der Waals surface area contributed by atoms with E-state index in [1.165, 1.54) is 0 Å². The van der Waals surface area contributed by atoms with E-state index in [0.717, 1.165) is 0 Å². The maximum absolute atomic E-state index is 12.6. The first kappa shape index (κ1) is 12.9. The van der Waals surface area contributed by atoms with Crippen molar-refractivity contribution < 1.29 is 32.2 Å². The Morgan fingerprint density at radius 2 is 2.17 bits per heavy atom. The summed E-state index contributed by atoms with van der Waals surface area (Å²) in [4.78, 5) is 14.0. The fourth-order valence-corrected chi connectivity index (χ4v) is 1.78. The molecule has 0 aromatic carbocycles. The van der Waals surface area contributed by atoms with Gasteiger partial charge in [-0.05, 0) is 12.8 Å². The van der Waals surface area contributed by atoms with Gasteiger partial charge in [0, 0.05) is 6.61 Å². The Kier molecular flexibility index (Phi) is 3.29. The van der Waals surface area contributed by atoms with E-state index in [-0.39, 0.29) is 12.5 Å². The molecule has 1 fully saturated rings. The highest BCUT2D eigenvalue weighted by Gasteiger charge is 2.42. The SMILES string of the molecule is O=C(O)c1oc(C2CCCOC2)nc1C(F)(F)F. The summed E-state index contributed by atoms with van der Waals surface area (Å²) in [5, 5.41) is 8.68. The number of ether oxygens (including phenoxy) is 1. The molecule has 0 spiro atoms. The molecule has 2 heterocycles. The van der Waals surface area contributed by atoms with Gasteiger partial charge in [0.15, 0.2) is 5.69 Å². The zero-order valence-corrected chi connectivity index (χ0v) is 9.16. The highest BCUT2D eigenvalue weighted by molar-refractivity contribution is 5.85. The van der Waals surface area contributed by atoms with Gasteiger partial charge in [-0.15, -0.1) is 0 Å². The number of carboxylic acid groups (broad SMARTS) is 1. The third-order valence-corrected chi connectivity index (χ3v) is 2.62. The fraction of sp³-hybridized carbons (Fsp3) is 0.600. The number of hydrogen-bond donors (Lipinski definition) is 1. The number of carbonyl (C=O) groups is 1. The number of oxazole rings is 1. The number of halogens is 3. The maximum atomic E-state index is 12.6. The molecule has 8 heteroatoms. The highest BCUT2D eigenvalue weighted by atomic mass is 19.4. The summed E-state index contributed by atoms with van der Waals surface area (Å²) >= 11 is 0. The average Bonchev–Trinajstić information content (AvgIpc) is 2.74. The Bertz CT molecular complexity index is 448. The summed E-state index contributed by atoms with van der Waals surface area (Å²) < 4.78 is 47.6. The van der Waals surface area contributed by atoms with Crippen LogP contribution in [-0.4, -0.2) is 29.3 Å². The molecule has 2 rings (SSSR count). The molecule has 0 amide bonds. The molecule has 1 atom stereocenters. The largest absolute Gasteiger partial charge is 0.475 e. The molecule has 1 aromatic rings. The van der Waals surface area contributed by atoms with Gasteiger partial charge < -0.3 is 14.3 Å². The molecule has 0 aliphatic carbocycles. The predicted molar refractivity (Wildman–Crippen MR) is 51.3 cm³/mol. The number of rotatable bonds is 2. The molecule has 5 nitrogen and oxygen atoms in total. The molecule has 1 saturated heterocycles. The van der Waals surface area contributed by atoms with Crippen molar-refractivity contribution in [2.75, 3.05) is 13.2 Å². The van der Waals surface area contributed by atoms with Crippen molar-refractivity contribution in [2.24, 2.45) is 0 Å². The van der Waals surface area contributed by atoms with Crippen LogP contribution in [0.1, 0.15) is 40.9 Å². The van der Waals surface area contributed by atoms with E-state index in [1.807, 2.05) is 0 Å². The van der Waals surface area contributed by atoms with Crippen LogP contribution in [-0.2, 0) is 10.9 Å². The molecule has 0 bridgehead atoms. The van der Waals surface area contributed by atoms with Gasteiger partial charge in [0.1, 0.15) is 0 Å². The maximum Gasteiger partial charge on any atom is 0.437 e. The molecule has 1 N–H and O–H groups in total. The first-order valence-corrected chi connectivity index (χ1v) is 5.28. The van der Waals surface area contributed by atoms with Gasteiger partial charge in [0.2, 0.25) is 11.7 Å². The molecule has 1 aliphatic rings. The van der Waals surface area contributed by atoms with E-state index >= 15 is 0 Å². The fourth-order valence-electron chi connectivity index (χ4n) is 1.78. The first-order chi connectivity index (χ1) is 8.39. The number of hydrogen-bond acceptors (Lipinski definition) is 4. The Hall–Kier alpha value is -1.57. The molecular formula is C10H10F3NO4. The minimum Gasteiger partial charge on any atom is -0.475 e. The third-order valence-electron chi connectivity index (χ3n) is 2.62. The van der Waals surface area contributed by atoms with E-state index in [0.29, 0.717) is 19.4 Å². The Balaban J connectivity index is 2.35. The lowest BCUT2D eigenvalue weighted by atomic mass is 10.0. The van der Waals surface area contributed by atoms with Crippen LogP contribution in [0.15, 0.2) is 4.42 Å². The number of carboxylic acids is 1. The van der Waals surface area contributed by atoms with Crippen molar-refractivity contribution in [3.8, 4) is 0 Å². The smallest absolute Gasteiger partial charge is 0.437 e. The van der Waals surface area contributed by atoms with Crippen LogP contribution in [0.2, 0.25) is 0 Å². The highest BCUT2D eigenvalue weighted by Crippen LogP contribution is 2.34. The lowest BCUT2D eigenvalue weighted by Crippen LogP contribution is -2.16. The predicted octanol–water partition coefficient (Wildman–Crippen LogP) is 2.29. The van der Waals surface area contributed by atoms with E-state index < -0.39 is 29.5 Å². The zero-order chi connectivity index (χ0) is 13.3. The van der Waals surface area contributed by atoms with Gasteiger partial charge in [0.25, 0.3) is 0 Å². The number of aromatic nitrogens is 1. The molecule has 100 valence electrons. The summed E-state index contributed by atoms with van der Waals surface area (Å²) in [6.07, 6.45) is -3.60. The molecule has 1 aliphatic heterocycles. The minimum atomic E-state index is -4.84. The van der Waals surface area contributed by atoms with Crippen molar-refractivity contribution in [1.82, 2.24) is 4.98 Å². The second-order valence-electron chi connectivity index (χ2n) is 3.95. The lowest BCUT2D eigenvalue weighted by Gasteiger charge is -2.18. The minimum absolute atomic E-state index is 0.191. The molecular weight excluding hydrogens is 255 g/mol. The van der Waals surface area contributed by atoms with Gasteiger partial charge in [-0.1, -0.05) is 0 Å². The summed E-state index contributed by atoms with van der Waals surface area (Å²) in [5.74, 6) is -3.59. The molecule has 0 radical (unpaired) electrons. The van der Waals surface area contributed by atoms with Crippen molar-refractivity contribution in [1.29, 1.82) is 0 Å². The zero-order valence-electron chi connectivity index (χ0n) is 9.16. The first-order valence-electron chi connectivity index (χ1n) is 5.28. The Morgan fingerprint density at radius 1 is 1.44 bits per heavy atom. The molecule has 0 saturated carbocycles. The Morgan fingerprint density at radius 3 is 2.61 bits per heavy atom. The van der Waals surface area contributed by atoms with Crippen LogP contribution >= 0.6 is 0 Å². The Labute approximate surface area is 99.6 Å². The van der Waals surface area contributed by atoms with Crippen LogP contribution in [0.25, 0.3) is 0 Å². The quantitative estimate of drug-likeness (QED) is 0.888. The normalized spacial score (nSPS) is 20.9. The van der Waals surface area contributed by atoms with E-state index in [2.05, 4.69) is 4.98 Å². The molecule has 1 aromatic heterocycles. The third kappa shape index (κ3) is 2.47. The van der Waals surface area contributed by atoms with Gasteiger partial charge in [0.05, 0.1) is 12.5 Å². The van der Waals surface area contributed by atoms with Gasteiger partial charge in [-0.2, -0.15) is 13.2 Å². The second kappa shape index (κ2) is 4.60. The molecule has 18 heavy (non-hydrogen) atoms. The van der Waals surface area contributed by atoms with Crippen LogP contribution in [0, 0.1) is 0 Å². The summed E-state index contributed by atoms with van der Waals surface area (Å²) in [7, 11) is 0. The monoisotopic (exact) mass is 265 g/mol. The van der Waals surface area contributed by atoms with Crippen LogP contribution in [0.4, 0.5) is 13.2 Å². The van der Waals surface area contributed by atoms with Gasteiger partial charge in [-0.3, -0.25) is 0 Å². The van der Waals surface area contributed by atoms with E-state index in [9.17, 15) is 18.0 Å². The number of aromatic carboxylic acids is 1. The topological polar surface area (TPSA) is 72.6 Å². The van der Waals surface area contributed by atoms with Crippen LogP contribution < -0.4 is 0 Å². The van der Waals surface area contributed by atoms with Crippen LogP contribution in [0.3, 0.4) is 0 Å². The van der Waals surface area contributed by atoms with Gasteiger partial charge in [-0.25, -0.2) is 9.78 Å². The number of nitrogens with zero attached hydrogens (tertiary/aromatic N) is 1. The van der Waals surface area contributed by atoms with Gasteiger partial charge >= 0.3 is 12.1 Å². The summed E-state index contributed by atoms with van der Waals surface area (Å²) in [6, 6.07) is 0. The summed E-state index contributed by atoms with van der Waals surface area (Å²) in [6.45, 7) is 0.728. The van der Waals surface area contributed by atoms with Crippen molar-refractivity contribution in [3.05, 3.63) is 17.3 Å². The second-order valence-corrected chi connectivity index (χ2v) is 3.95. The lowest BCUT2D eigenvalue weighted by molar-refractivity contribution is -0.141. The number of alkyl halides is 3. The summed E-state index contributed by atoms with van der Waals surface area (Å²) in [5.41, 5.74) is -1.49. The van der Waals surface area contributed by atoms with E-state index in [1.54, 1.807) is 0 Å². The standard InChI is InChI=1S/C10H10F3NO4/c11-10(12,13)7-6(9(15)16)18-8(14-7)5-2-1-3-17-4-5/h5H,1-4H2,(H,15,16). The average molecular weight is 265 g/mol. The van der Waals surface area contributed by atoms with Crippen molar-refractivity contribution in [2.45, 2.75) is 24.9 Å². The van der Waals surface area contributed by atoms with Crippen LogP contribution in [0.5, 0.6) is 0 Å². The molecule has 1 unspecified atom stereocenters. The van der Waals surface area contributed by atoms with Crippen molar-refractivity contribution >= 4 is 5.97 Å².